The Morgan fingerprint density at radius 3 is 1.43 bits per heavy atom. The maximum atomic E-state index is 5.85. The van der Waals surface area contributed by atoms with Crippen LogP contribution in [0.5, 0.6) is 0 Å². The summed E-state index contributed by atoms with van der Waals surface area (Å²) in [5, 5.41) is 0. The molecule has 0 radical (unpaired) electrons. The van der Waals surface area contributed by atoms with E-state index in [-0.39, 0.29) is 0 Å². The molecule has 0 fully saturated rings. The Balaban J connectivity index is 4.44. The molecule has 0 heterocycles. The Bertz CT molecular complexity index is 156. The SMILES string of the molecule is CC(C)OPC([Si](C)(C)C)[Si](C)(C)C. The van der Waals surface area contributed by atoms with Gasteiger partial charge in [0, 0.05) is 8.81 Å². The summed E-state index contributed by atoms with van der Waals surface area (Å²) in [6.07, 6.45) is 0.392. The molecule has 0 aliphatic rings. The molecular formula is C10H27OPSi2. The van der Waals surface area contributed by atoms with Gasteiger partial charge in [0.15, 0.2) is 0 Å². The first-order valence-corrected chi connectivity index (χ1v) is 13.6. The highest BCUT2D eigenvalue weighted by molar-refractivity contribution is 7.44. The number of rotatable bonds is 5. The van der Waals surface area contributed by atoms with Gasteiger partial charge in [0.25, 0.3) is 0 Å². The minimum absolute atomic E-state index is 0.392. The van der Waals surface area contributed by atoms with Crippen LogP contribution in [-0.4, -0.2) is 27.2 Å². The summed E-state index contributed by atoms with van der Waals surface area (Å²) in [6.45, 7) is 19.1. The van der Waals surface area contributed by atoms with Gasteiger partial charge in [0.05, 0.1) is 22.3 Å². The third-order valence-corrected chi connectivity index (χ3v) is 17.6. The second-order valence-electron chi connectivity index (χ2n) is 6.45. The van der Waals surface area contributed by atoms with E-state index in [1.807, 2.05) is 0 Å². The van der Waals surface area contributed by atoms with Gasteiger partial charge in [-0.25, -0.2) is 0 Å². The molecule has 0 aromatic carbocycles. The van der Waals surface area contributed by atoms with E-state index in [0.717, 1.165) is 13.7 Å². The second kappa shape index (κ2) is 5.24. The molecule has 14 heavy (non-hydrogen) atoms. The van der Waals surface area contributed by atoms with E-state index in [4.69, 9.17) is 4.52 Å². The molecule has 0 aromatic rings. The van der Waals surface area contributed by atoms with Crippen molar-refractivity contribution in [2.75, 3.05) is 0 Å². The minimum atomic E-state index is -1.04. The second-order valence-corrected chi connectivity index (χ2v) is 19.8. The van der Waals surface area contributed by atoms with Gasteiger partial charge in [-0.1, -0.05) is 39.3 Å². The van der Waals surface area contributed by atoms with Crippen LogP contribution < -0.4 is 0 Å². The summed E-state index contributed by atoms with van der Waals surface area (Å²) < 4.78 is 5.85. The summed E-state index contributed by atoms with van der Waals surface area (Å²) in [5.41, 5.74) is 0. The molecular weight excluding hydrogens is 223 g/mol. The molecule has 4 heteroatoms. The first-order chi connectivity index (χ1) is 6.05. The van der Waals surface area contributed by atoms with Crippen LogP contribution in [0.15, 0.2) is 0 Å². The fraction of sp³-hybridized carbons (Fsp3) is 1.00. The van der Waals surface area contributed by atoms with Crippen LogP contribution in [0, 0.1) is 0 Å². The zero-order valence-corrected chi connectivity index (χ0v) is 14.1. The van der Waals surface area contributed by atoms with E-state index in [9.17, 15) is 0 Å². The fourth-order valence-electron chi connectivity index (χ4n) is 1.86. The Labute approximate surface area is 93.9 Å². The van der Waals surface area contributed by atoms with E-state index >= 15 is 0 Å². The van der Waals surface area contributed by atoms with Crippen LogP contribution in [0.3, 0.4) is 0 Å². The van der Waals surface area contributed by atoms with Crippen molar-refractivity contribution in [3.63, 3.8) is 0 Å². The molecule has 0 aliphatic heterocycles. The smallest absolute Gasteiger partial charge is 0.0557 e. The Kier molecular flexibility index (Phi) is 5.55. The number of hydrogen-bond donors (Lipinski definition) is 0. The van der Waals surface area contributed by atoms with Gasteiger partial charge >= 0.3 is 0 Å². The Morgan fingerprint density at radius 1 is 0.857 bits per heavy atom. The molecule has 0 aromatic heterocycles. The normalized spacial score (nSPS) is 15.0. The topological polar surface area (TPSA) is 9.23 Å². The van der Waals surface area contributed by atoms with Gasteiger partial charge in [-0.05, 0) is 18.8 Å². The van der Waals surface area contributed by atoms with Crippen molar-refractivity contribution < 1.29 is 4.52 Å². The Hall–Kier alpha value is 0.824. The third-order valence-electron chi connectivity index (χ3n) is 2.15. The predicted molar refractivity (Wildman–Crippen MR) is 75.0 cm³/mol. The quantitative estimate of drug-likeness (QED) is 0.526. The largest absolute Gasteiger partial charge is 0.360 e. The zero-order chi connectivity index (χ0) is 11.6. The molecule has 1 atom stereocenters. The molecule has 0 N–H and O–H groups in total. The van der Waals surface area contributed by atoms with Crippen LogP contribution >= 0.6 is 8.81 Å². The molecule has 0 aliphatic carbocycles. The van der Waals surface area contributed by atoms with Crippen LogP contribution in [0.25, 0.3) is 0 Å². The molecule has 0 bridgehead atoms. The van der Waals surface area contributed by atoms with Crippen LogP contribution in [-0.2, 0) is 4.52 Å². The predicted octanol–water partition coefficient (Wildman–Crippen LogP) is 4.13. The van der Waals surface area contributed by atoms with Crippen molar-refractivity contribution in [2.45, 2.75) is 64.1 Å². The molecule has 0 spiro atoms. The molecule has 1 unspecified atom stereocenters. The fourth-order valence-corrected chi connectivity index (χ4v) is 15.9. The van der Waals surface area contributed by atoms with Gasteiger partial charge in [-0.15, -0.1) is 0 Å². The summed E-state index contributed by atoms with van der Waals surface area (Å²) >= 11 is 0. The van der Waals surface area contributed by atoms with E-state index < -0.39 is 16.1 Å². The molecule has 86 valence electrons. The van der Waals surface area contributed by atoms with Crippen molar-refractivity contribution in [2.24, 2.45) is 0 Å². The van der Waals surface area contributed by atoms with Gasteiger partial charge in [-0.3, -0.25) is 0 Å². The Morgan fingerprint density at radius 2 is 1.21 bits per heavy atom. The van der Waals surface area contributed by atoms with Gasteiger partial charge < -0.3 is 4.52 Å². The zero-order valence-electron chi connectivity index (χ0n) is 11.1. The van der Waals surface area contributed by atoms with Crippen molar-refractivity contribution in [1.82, 2.24) is 0 Å². The third kappa shape index (κ3) is 5.64. The van der Waals surface area contributed by atoms with E-state index in [1.165, 1.54) is 0 Å². The lowest BCUT2D eigenvalue weighted by atomic mass is 10.5. The highest BCUT2D eigenvalue weighted by Crippen LogP contribution is 2.36. The van der Waals surface area contributed by atoms with E-state index in [1.54, 1.807) is 0 Å². The molecule has 0 saturated heterocycles. The van der Waals surface area contributed by atoms with Gasteiger partial charge in [0.2, 0.25) is 0 Å². The minimum Gasteiger partial charge on any atom is -0.360 e. The highest BCUT2D eigenvalue weighted by atomic mass is 31.1. The lowest BCUT2D eigenvalue weighted by Crippen LogP contribution is -2.51. The maximum absolute atomic E-state index is 5.85. The van der Waals surface area contributed by atoms with Crippen molar-refractivity contribution >= 4 is 25.0 Å². The number of hydrogen-bond acceptors (Lipinski definition) is 1. The first kappa shape index (κ1) is 14.8. The summed E-state index contributed by atoms with van der Waals surface area (Å²) in [6, 6.07) is 0. The molecule has 0 saturated carbocycles. The average Bonchev–Trinajstić information content (AvgIpc) is 1.78. The summed E-state index contributed by atoms with van der Waals surface area (Å²) in [7, 11) is -1.35. The van der Waals surface area contributed by atoms with E-state index in [0.29, 0.717) is 6.10 Å². The van der Waals surface area contributed by atoms with Crippen molar-refractivity contribution in [3.05, 3.63) is 0 Å². The summed E-state index contributed by atoms with van der Waals surface area (Å²) in [4.78, 5) is 0.900. The standard InChI is InChI=1S/C10H27OPSi2/c1-9(2)11-12-10(13(3,4)5)14(6,7)8/h9-10,12H,1-8H3. The molecule has 0 rings (SSSR count). The van der Waals surface area contributed by atoms with Crippen molar-refractivity contribution in [1.29, 1.82) is 0 Å². The molecule has 1 nitrogen and oxygen atoms in total. The van der Waals surface area contributed by atoms with E-state index in [2.05, 4.69) is 53.1 Å². The highest BCUT2D eigenvalue weighted by Gasteiger charge is 2.37. The van der Waals surface area contributed by atoms with Crippen LogP contribution in [0.2, 0.25) is 39.3 Å². The van der Waals surface area contributed by atoms with Gasteiger partial charge in [-0.2, -0.15) is 0 Å². The first-order valence-electron chi connectivity index (χ1n) is 5.46. The monoisotopic (exact) mass is 250 g/mol. The van der Waals surface area contributed by atoms with Crippen LogP contribution in [0.4, 0.5) is 0 Å². The lowest BCUT2D eigenvalue weighted by Gasteiger charge is -2.38. The van der Waals surface area contributed by atoms with Crippen molar-refractivity contribution in [3.8, 4) is 0 Å². The molecule has 0 amide bonds. The lowest BCUT2D eigenvalue weighted by molar-refractivity contribution is 0.279. The maximum Gasteiger partial charge on any atom is 0.0557 e. The van der Waals surface area contributed by atoms with Crippen LogP contribution in [0.1, 0.15) is 13.8 Å². The van der Waals surface area contributed by atoms with Gasteiger partial charge in [0.1, 0.15) is 0 Å². The summed E-state index contributed by atoms with van der Waals surface area (Å²) in [5.74, 6) is 0. The average molecular weight is 250 g/mol.